The van der Waals surface area contributed by atoms with E-state index in [4.69, 9.17) is 10.3 Å². The second-order valence-corrected chi connectivity index (χ2v) is 4.60. The van der Waals surface area contributed by atoms with Crippen molar-refractivity contribution in [3.63, 3.8) is 0 Å². The zero-order chi connectivity index (χ0) is 14.5. The molecule has 2 aromatic rings. The minimum atomic E-state index is -0.490. The fraction of sp³-hybridized carbons (Fsp3) is 0.357. The number of nitrogens with one attached hydrogen (secondary N) is 1. The van der Waals surface area contributed by atoms with E-state index in [0.717, 1.165) is 12.0 Å². The van der Waals surface area contributed by atoms with Crippen LogP contribution >= 0.6 is 12.4 Å². The van der Waals surface area contributed by atoms with Crippen molar-refractivity contribution in [1.29, 1.82) is 0 Å². The molecule has 0 aliphatic rings. The van der Waals surface area contributed by atoms with E-state index in [-0.39, 0.29) is 18.3 Å². The van der Waals surface area contributed by atoms with Crippen LogP contribution in [0.2, 0.25) is 0 Å². The third kappa shape index (κ3) is 4.54. The number of rotatable bonds is 5. The maximum absolute atomic E-state index is 11.9. The molecule has 0 aliphatic carbocycles. The van der Waals surface area contributed by atoms with E-state index in [1.54, 1.807) is 19.1 Å². The predicted molar refractivity (Wildman–Crippen MR) is 83.2 cm³/mol. The van der Waals surface area contributed by atoms with Gasteiger partial charge in [0.1, 0.15) is 0 Å². The summed E-state index contributed by atoms with van der Waals surface area (Å²) in [5.74, 6) is 0.809. The average Bonchev–Trinajstić information content (AvgIpc) is 2.86. The quantitative estimate of drug-likeness (QED) is 0.885. The monoisotopic (exact) mass is 310 g/mol. The van der Waals surface area contributed by atoms with Gasteiger partial charge < -0.3 is 15.6 Å². The van der Waals surface area contributed by atoms with Crippen molar-refractivity contribution in [2.45, 2.75) is 32.7 Å². The first-order valence-corrected chi connectivity index (χ1v) is 6.57. The van der Waals surface area contributed by atoms with Gasteiger partial charge >= 0.3 is 0 Å². The van der Waals surface area contributed by atoms with Crippen LogP contribution in [0.3, 0.4) is 0 Å². The predicted octanol–water partition coefficient (Wildman–Crippen LogP) is 2.53. The summed E-state index contributed by atoms with van der Waals surface area (Å²) in [5.41, 5.74) is 7.23. The number of hydrogen-bond acceptors (Lipinski definition) is 5. The molecule has 1 aromatic carbocycles. The normalized spacial score (nSPS) is 11.6. The molecule has 3 N–H and O–H groups in total. The smallest absolute Gasteiger partial charge is 0.241 e. The molecule has 0 bridgehead atoms. The van der Waals surface area contributed by atoms with E-state index < -0.39 is 6.04 Å². The first-order chi connectivity index (χ1) is 9.60. The number of amides is 1. The number of anilines is 1. The van der Waals surface area contributed by atoms with Crippen molar-refractivity contribution < 1.29 is 9.32 Å². The standard InChI is InChI=1S/C14H18N4O2.ClH/c1-3-5-12(15)14(19)17-11-7-4-6-10(8-11)13-16-9(2)20-18-13;/h4,6-8,12H,3,5,15H2,1-2H3,(H,17,19);1H. The largest absolute Gasteiger partial charge is 0.339 e. The van der Waals surface area contributed by atoms with E-state index in [1.165, 1.54) is 0 Å². The summed E-state index contributed by atoms with van der Waals surface area (Å²) in [4.78, 5) is 16.0. The molecular formula is C14H19ClN4O2. The van der Waals surface area contributed by atoms with Crippen LogP contribution in [0, 0.1) is 6.92 Å². The van der Waals surface area contributed by atoms with Crippen molar-refractivity contribution in [3.05, 3.63) is 30.2 Å². The summed E-state index contributed by atoms with van der Waals surface area (Å²) in [6, 6.07) is 6.78. The maximum atomic E-state index is 11.9. The maximum Gasteiger partial charge on any atom is 0.241 e. The van der Waals surface area contributed by atoms with E-state index in [2.05, 4.69) is 15.5 Å². The molecule has 0 radical (unpaired) electrons. The number of benzene rings is 1. The van der Waals surface area contributed by atoms with Crippen LogP contribution in [0.4, 0.5) is 5.69 Å². The van der Waals surface area contributed by atoms with Gasteiger partial charge in [0.15, 0.2) is 0 Å². The molecule has 0 aliphatic heterocycles. The van der Waals surface area contributed by atoms with Crippen LogP contribution in [0.15, 0.2) is 28.8 Å². The number of carbonyl (C=O) groups excluding carboxylic acids is 1. The minimum absolute atomic E-state index is 0. The number of nitrogens with two attached hydrogens (primary N) is 1. The van der Waals surface area contributed by atoms with E-state index in [1.807, 2.05) is 19.1 Å². The Bertz CT molecular complexity index is 600. The fourth-order valence-corrected chi connectivity index (χ4v) is 1.83. The number of nitrogens with zero attached hydrogens (tertiary/aromatic N) is 2. The lowest BCUT2D eigenvalue weighted by atomic mass is 10.1. The molecule has 114 valence electrons. The Morgan fingerprint density at radius 2 is 2.24 bits per heavy atom. The highest BCUT2D eigenvalue weighted by Gasteiger charge is 2.13. The Balaban J connectivity index is 0.00000220. The topological polar surface area (TPSA) is 94.0 Å². The molecule has 2 rings (SSSR count). The van der Waals surface area contributed by atoms with Gasteiger partial charge in [0.05, 0.1) is 6.04 Å². The van der Waals surface area contributed by atoms with Gasteiger partial charge in [-0.3, -0.25) is 4.79 Å². The van der Waals surface area contributed by atoms with Gasteiger partial charge in [0.25, 0.3) is 0 Å². The molecule has 1 heterocycles. The van der Waals surface area contributed by atoms with Gasteiger partial charge in [-0.1, -0.05) is 30.6 Å². The molecule has 21 heavy (non-hydrogen) atoms. The summed E-state index contributed by atoms with van der Waals surface area (Å²) in [6.45, 7) is 3.72. The fourth-order valence-electron chi connectivity index (χ4n) is 1.83. The molecule has 6 nitrogen and oxygen atoms in total. The molecular weight excluding hydrogens is 292 g/mol. The summed E-state index contributed by atoms with van der Waals surface area (Å²) < 4.78 is 4.94. The number of hydrogen-bond donors (Lipinski definition) is 2. The Hall–Kier alpha value is -1.92. The minimum Gasteiger partial charge on any atom is -0.339 e. The summed E-state index contributed by atoms with van der Waals surface area (Å²) in [6.07, 6.45) is 1.53. The van der Waals surface area contributed by atoms with Gasteiger partial charge in [-0.25, -0.2) is 0 Å². The second kappa shape index (κ2) is 7.75. The van der Waals surface area contributed by atoms with Gasteiger partial charge in [-0.05, 0) is 18.6 Å². The number of halogens is 1. The lowest BCUT2D eigenvalue weighted by molar-refractivity contribution is -0.117. The average molecular weight is 311 g/mol. The molecule has 1 amide bonds. The third-order valence-electron chi connectivity index (χ3n) is 2.85. The summed E-state index contributed by atoms with van der Waals surface area (Å²) in [7, 11) is 0. The van der Waals surface area contributed by atoms with E-state index >= 15 is 0 Å². The Kier molecular flexibility index (Phi) is 6.33. The first kappa shape index (κ1) is 17.1. The van der Waals surface area contributed by atoms with Crippen molar-refractivity contribution in [3.8, 4) is 11.4 Å². The Morgan fingerprint density at radius 1 is 1.48 bits per heavy atom. The molecule has 0 saturated carbocycles. The highest BCUT2D eigenvalue weighted by atomic mass is 35.5. The summed E-state index contributed by atoms with van der Waals surface area (Å²) >= 11 is 0. The SMILES string of the molecule is CCCC(N)C(=O)Nc1cccc(-c2noc(C)n2)c1.Cl. The van der Waals surface area contributed by atoms with E-state index in [0.29, 0.717) is 23.8 Å². The van der Waals surface area contributed by atoms with Crippen LogP contribution in [0.25, 0.3) is 11.4 Å². The lowest BCUT2D eigenvalue weighted by Crippen LogP contribution is -2.35. The Labute approximate surface area is 129 Å². The van der Waals surface area contributed by atoms with Crippen molar-refractivity contribution >= 4 is 24.0 Å². The van der Waals surface area contributed by atoms with Crippen LogP contribution in [-0.4, -0.2) is 22.1 Å². The number of aryl methyl sites for hydroxylation is 1. The lowest BCUT2D eigenvalue weighted by Gasteiger charge is -2.11. The first-order valence-electron chi connectivity index (χ1n) is 6.57. The molecule has 1 aromatic heterocycles. The van der Waals surface area contributed by atoms with Crippen LogP contribution < -0.4 is 11.1 Å². The van der Waals surface area contributed by atoms with E-state index in [9.17, 15) is 4.79 Å². The summed E-state index contributed by atoms with van der Waals surface area (Å²) in [5, 5.41) is 6.64. The molecule has 0 spiro atoms. The van der Waals surface area contributed by atoms with Crippen molar-refractivity contribution in [1.82, 2.24) is 10.1 Å². The molecule has 0 saturated heterocycles. The van der Waals surface area contributed by atoms with Crippen LogP contribution in [0.1, 0.15) is 25.7 Å². The van der Waals surface area contributed by atoms with Crippen LogP contribution in [-0.2, 0) is 4.79 Å². The zero-order valence-corrected chi connectivity index (χ0v) is 12.8. The van der Waals surface area contributed by atoms with Crippen molar-refractivity contribution in [2.75, 3.05) is 5.32 Å². The third-order valence-corrected chi connectivity index (χ3v) is 2.85. The Morgan fingerprint density at radius 3 is 2.86 bits per heavy atom. The molecule has 7 heteroatoms. The van der Waals surface area contributed by atoms with Gasteiger partial charge in [-0.2, -0.15) is 4.98 Å². The van der Waals surface area contributed by atoms with Gasteiger partial charge in [0.2, 0.25) is 17.6 Å². The number of aromatic nitrogens is 2. The molecule has 1 atom stereocenters. The van der Waals surface area contributed by atoms with Gasteiger partial charge in [-0.15, -0.1) is 12.4 Å². The van der Waals surface area contributed by atoms with Crippen molar-refractivity contribution in [2.24, 2.45) is 5.73 Å². The molecule has 0 fully saturated rings. The van der Waals surface area contributed by atoms with Crippen LogP contribution in [0.5, 0.6) is 0 Å². The zero-order valence-electron chi connectivity index (χ0n) is 12.0. The van der Waals surface area contributed by atoms with Gasteiger partial charge in [0, 0.05) is 18.2 Å². The highest BCUT2D eigenvalue weighted by molar-refractivity contribution is 5.95. The highest BCUT2D eigenvalue weighted by Crippen LogP contribution is 2.20. The second-order valence-electron chi connectivity index (χ2n) is 4.60. The number of carbonyl (C=O) groups is 1. The molecule has 1 unspecified atom stereocenters.